The highest BCUT2D eigenvalue weighted by atomic mass is 16.5. The highest BCUT2D eigenvalue weighted by molar-refractivity contribution is 4.95. The molecule has 86 valence electrons. The van der Waals surface area contributed by atoms with Gasteiger partial charge in [0, 0.05) is 5.92 Å². The van der Waals surface area contributed by atoms with E-state index in [4.69, 9.17) is 4.52 Å². The fraction of sp³-hybridized carbons (Fsp3) is 0.818. The Morgan fingerprint density at radius 2 is 1.93 bits per heavy atom. The second kappa shape index (κ2) is 5.85. The molecule has 0 fully saturated rings. The molecule has 0 aromatic carbocycles. The molecule has 1 aromatic rings. The van der Waals surface area contributed by atoms with E-state index >= 15 is 0 Å². The van der Waals surface area contributed by atoms with Gasteiger partial charge in [-0.05, 0) is 19.3 Å². The Morgan fingerprint density at radius 3 is 2.47 bits per heavy atom. The van der Waals surface area contributed by atoms with Gasteiger partial charge in [-0.2, -0.15) is 4.98 Å². The number of hydrogen-bond donors (Lipinski definition) is 1. The maximum absolute atomic E-state index is 9.68. The van der Waals surface area contributed by atoms with Gasteiger partial charge in [-0.1, -0.05) is 32.3 Å². The summed E-state index contributed by atoms with van der Waals surface area (Å²) < 4.78 is 5.15. The number of aromatic nitrogens is 2. The van der Waals surface area contributed by atoms with Gasteiger partial charge in [-0.3, -0.25) is 0 Å². The van der Waals surface area contributed by atoms with Crippen LogP contribution < -0.4 is 0 Å². The van der Waals surface area contributed by atoms with E-state index in [2.05, 4.69) is 24.0 Å². The van der Waals surface area contributed by atoms with E-state index in [0.717, 1.165) is 19.3 Å². The van der Waals surface area contributed by atoms with Crippen molar-refractivity contribution in [3.05, 3.63) is 11.7 Å². The fourth-order valence-electron chi connectivity index (χ4n) is 1.59. The maximum atomic E-state index is 9.68. The van der Waals surface area contributed by atoms with Crippen molar-refractivity contribution in [1.29, 1.82) is 0 Å². The van der Waals surface area contributed by atoms with Crippen molar-refractivity contribution >= 4 is 0 Å². The molecule has 0 radical (unpaired) electrons. The summed E-state index contributed by atoms with van der Waals surface area (Å²) >= 11 is 0. The molecule has 0 aliphatic carbocycles. The second-order valence-corrected chi connectivity index (χ2v) is 3.81. The monoisotopic (exact) mass is 212 g/mol. The van der Waals surface area contributed by atoms with Crippen molar-refractivity contribution in [2.75, 3.05) is 0 Å². The van der Waals surface area contributed by atoms with Crippen molar-refractivity contribution in [2.45, 2.75) is 58.5 Å². The Kier molecular flexibility index (Phi) is 4.75. The van der Waals surface area contributed by atoms with Crippen LogP contribution in [-0.4, -0.2) is 15.2 Å². The summed E-state index contributed by atoms with van der Waals surface area (Å²) in [5, 5.41) is 13.5. The van der Waals surface area contributed by atoms with Crippen LogP contribution in [0.15, 0.2) is 4.52 Å². The summed E-state index contributed by atoms with van der Waals surface area (Å²) in [4.78, 5) is 4.24. The summed E-state index contributed by atoms with van der Waals surface area (Å²) in [5.74, 6) is 1.41. The van der Waals surface area contributed by atoms with Crippen LogP contribution in [0.1, 0.15) is 70.2 Å². The smallest absolute Gasteiger partial charge is 0.229 e. The van der Waals surface area contributed by atoms with Gasteiger partial charge < -0.3 is 9.63 Å². The van der Waals surface area contributed by atoms with Crippen molar-refractivity contribution in [1.82, 2.24) is 10.1 Å². The van der Waals surface area contributed by atoms with Crippen molar-refractivity contribution in [3.8, 4) is 0 Å². The molecule has 1 aromatic heterocycles. The number of aliphatic hydroxyl groups is 1. The highest BCUT2D eigenvalue weighted by Gasteiger charge is 2.18. The zero-order valence-electron chi connectivity index (χ0n) is 9.73. The Bertz CT molecular complexity index is 282. The molecule has 1 unspecified atom stereocenters. The number of nitrogens with zero attached hydrogens (tertiary/aromatic N) is 2. The van der Waals surface area contributed by atoms with Crippen LogP contribution in [0.5, 0.6) is 0 Å². The van der Waals surface area contributed by atoms with E-state index in [1.165, 1.54) is 0 Å². The average Bonchev–Trinajstić information content (AvgIpc) is 2.69. The summed E-state index contributed by atoms with van der Waals surface area (Å²) in [7, 11) is 0. The Morgan fingerprint density at radius 1 is 1.27 bits per heavy atom. The Hall–Kier alpha value is -0.900. The zero-order chi connectivity index (χ0) is 11.3. The molecule has 4 nitrogen and oxygen atoms in total. The molecule has 1 rings (SSSR count). The van der Waals surface area contributed by atoms with E-state index in [1.54, 1.807) is 0 Å². The van der Waals surface area contributed by atoms with Crippen molar-refractivity contribution in [2.24, 2.45) is 0 Å². The molecule has 1 N–H and O–H groups in total. The second-order valence-electron chi connectivity index (χ2n) is 3.81. The van der Waals surface area contributed by atoms with Gasteiger partial charge in [-0.15, -0.1) is 0 Å². The first-order chi connectivity index (χ1) is 7.22. The quantitative estimate of drug-likeness (QED) is 0.787. The van der Waals surface area contributed by atoms with Gasteiger partial charge in [-0.25, -0.2) is 0 Å². The van der Waals surface area contributed by atoms with E-state index in [9.17, 15) is 5.11 Å². The summed E-state index contributed by atoms with van der Waals surface area (Å²) in [6.07, 6.45) is 2.99. The van der Waals surface area contributed by atoms with Crippen molar-refractivity contribution in [3.63, 3.8) is 0 Å². The SMILES string of the molecule is CCCC(O)c1noc(C(CC)CC)n1. The van der Waals surface area contributed by atoms with Gasteiger partial charge in [0.25, 0.3) is 0 Å². The molecule has 0 saturated carbocycles. The summed E-state index contributed by atoms with van der Waals surface area (Å²) in [5.41, 5.74) is 0. The predicted molar refractivity (Wildman–Crippen MR) is 57.5 cm³/mol. The third kappa shape index (κ3) is 3.02. The summed E-state index contributed by atoms with van der Waals surface area (Å²) in [6, 6.07) is 0. The lowest BCUT2D eigenvalue weighted by molar-refractivity contribution is 0.152. The minimum atomic E-state index is -0.582. The van der Waals surface area contributed by atoms with Crippen LogP contribution in [0.25, 0.3) is 0 Å². The van der Waals surface area contributed by atoms with Gasteiger partial charge >= 0.3 is 0 Å². The van der Waals surface area contributed by atoms with Gasteiger partial charge in [0.2, 0.25) is 5.89 Å². The number of hydrogen-bond acceptors (Lipinski definition) is 4. The number of aliphatic hydroxyl groups excluding tert-OH is 1. The molecule has 0 amide bonds. The summed E-state index contributed by atoms with van der Waals surface area (Å²) in [6.45, 7) is 6.21. The molecule has 1 atom stereocenters. The first kappa shape index (κ1) is 12.2. The van der Waals surface area contributed by atoms with Crippen LogP contribution in [0.2, 0.25) is 0 Å². The topological polar surface area (TPSA) is 59.2 Å². The van der Waals surface area contributed by atoms with E-state index in [-0.39, 0.29) is 0 Å². The minimum absolute atomic E-state index is 0.320. The third-order valence-electron chi connectivity index (χ3n) is 2.65. The lowest BCUT2D eigenvalue weighted by Crippen LogP contribution is -2.00. The first-order valence-corrected chi connectivity index (χ1v) is 5.74. The molecule has 1 heterocycles. The molecule has 0 aliphatic heterocycles. The fourth-order valence-corrected chi connectivity index (χ4v) is 1.59. The minimum Gasteiger partial charge on any atom is -0.385 e. The molecule has 0 saturated heterocycles. The highest BCUT2D eigenvalue weighted by Crippen LogP contribution is 2.23. The molecular weight excluding hydrogens is 192 g/mol. The molecule has 15 heavy (non-hydrogen) atoms. The van der Waals surface area contributed by atoms with Crippen LogP contribution in [0.4, 0.5) is 0 Å². The van der Waals surface area contributed by atoms with Gasteiger partial charge in [0.05, 0.1) is 0 Å². The van der Waals surface area contributed by atoms with Crippen molar-refractivity contribution < 1.29 is 9.63 Å². The molecule has 0 aliphatic rings. The lowest BCUT2D eigenvalue weighted by Gasteiger charge is -2.05. The molecule has 0 spiro atoms. The Balaban J connectivity index is 2.70. The largest absolute Gasteiger partial charge is 0.385 e. The lowest BCUT2D eigenvalue weighted by atomic mass is 10.0. The maximum Gasteiger partial charge on any atom is 0.229 e. The first-order valence-electron chi connectivity index (χ1n) is 5.74. The van der Waals surface area contributed by atoms with Crippen LogP contribution >= 0.6 is 0 Å². The van der Waals surface area contributed by atoms with E-state index in [0.29, 0.717) is 24.1 Å². The number of rotatable bonds is 6. The normalized spacial score (nSPS) is 13.4. The van der Waals surface area contributed by atoms with Crippen LogP contribution in [-0.2, 0) is 0 Å². The molecular formula is C11H20N2O2. The van der Waals surface area contributed by atoms with E-state index in [1.807, 2.05) is 6.92 Å². The van der Waals surface area contributed by atoms with Crippen LogP contribution in [0.3, 0.4) is 0 Å². The standard InChI is InChI=1S/C11H20N2O2/c1-4-7-9(14)10-12-11(15-13-10)8(5-2)6-3/h8-9,14H,4-7H2,1-3H3. The zero-order valence-corrected chi connectivity index (χ0v) is 9.73. The Labute approximate surface area is 90.7 Å². The third-order valence-corrected chi connectivity index (χ3v) is 2.65. The van der Waals surface area contributed by atoms with Crippen LogP contribution in [0, 0.1) is 0 Å². The average molecular weight is 212 g/mol. The molecule has 0 bridgehead atoms. The predicted octanol–water partition coefficient (Wildman–Crippen LogP) is 2.81. The van der Waals surface area contributed by atoms with Gasteiger partial charge in [0.1, 0.15) is 6.10 Å². The molecule has 4 heteroatoms. The van der Waals surface area contributed by atoms with Gasteiger partial charge in [0.15, 0.2) is 5.82 Å². The van der Waals surface area contributed by atoms with E-state index < -0.39 is 6.10 Å².